The van der Waals surface area contributed by atoms with Crippen LogP contribution in [0.1, 0.15) is 35.2 Å². The molecule has 0 N–H and O–H groups in total. The number of rotatable bonds is 6. The summed E-state index contributed by atoms with van der Waals surface area (Å²) >= 11 is 3.49. The molecule has 3 rings (SSSR count). The largest absolute Gasteiger partial charge is 0.488 e. The first kappa shape index (κ1) is 17.0. The van der Waals surface area contributed by atoms with Crippen LogP contribution in [-0.4, -0.2) is 19.2 Å². The van der Waals surface area contributed by atoms with E-state index >= 15 is 0 Å². The van der Waals surface area contributed by atoms with Gasteiger partial charge in [-0.05, 0) is 31.0 Å². The van der Waals surface area contributed by atoms with Gasteiger partial charge in [-0.2, -0.15) is 0 Å². The van der Waals surface area contributed by atoms with Crippen molar-refractivity contribution in [2.24, 2.45) is 0 Å². The zero-order valence-corrected chi connectivity index (χ0v) is 14.8. The minimum Gasteiger partial charge on any atom is -0.488 e. The lowest BCUT2D eigenvalue weighted by Gasteiger charge is -2.23. The van der Waals surface area contributed by atoms with Crippen molar-refractivity contribution in [3.05, 3.63) is 58.1 Å². The van der Waals surface area contributed by atoms with Crippen molar-refractivity contribution in [3.63, 3.8) is 0 Å². The molecule has 1 fully saturated rings. The molecule has 5 heteroatoms. The number of carbonyl (C=O) groups is 1. The van der Waals surface area contributed by atoms with Crippen LogP contribution in [-0.2, 0) is 11.3 Å². The number of hydrogen-bond donors (Lipinski definition) is 0. The number of halogens is 1. The van der Waals surface area contributed by atoms with Gasteiger partial charge >= 0.3 is 0 Å². The third-order valence-corrected chi connectivity index (χ3v) is 4.63. The van der Waals surface area contributed by atoms with Gasteiger partial charge < -0.3 is 14.2 Å². The molecule has 1 atom stereocenters. The van der Waals surface area contributed by atoms with E-state index in [0.29, 0.717) is 23.7 Å². The fraction of sp³-hybridized carbons (Fsp3) is 0.316. The van der Waals surface area contributed by atoms with E-state index in [1.807, 2.05) is 24.3 Å². The fourth-order valence-electron chi connectivity index (χ4n) is 2.54. The predicted octanol–water partition coefficient (Wildman–Crippen LogP) is 4.75. The van der Waals surface area contributed by atoms with Crippen LogP contribution in [0.25, 0.3) is 0 Å². The SMILES string of the molecule is O=Cc1ccc(OC2CCCCO2)cc1OCc1ccccc1Br. The van der Waals surface area contributed by atoms with Crippen LogP contribution in [0.5, 0.6) is 11.5 Å². The van der Waals surface area contributed by atoms with Crippen LogP contribution in [0.15, 0.2) is 46.9 Å². The highest BCUT2D eigenvalue weighted by atomic mass is 79.9. The smallest absolute Gasteiger partial charge is 0.199 e. The molecule has 2 aromatic rings. The molecule has 1 unspecified atom stereocenters. The molecule has 0 aromatic heterocycles. The molecule has 1 aliphatic heterocycles. The Hall–Kier alpha value is -1.85. The molecule has 126 valence electrons. The maximum Gasteiger partial charge on any atom is 0.199 e. The lowest BCUT2D eigenvalue weighted by Crippen LogP contribution is -2.25. The Morgan fingerprint density at radius 1 is 1.21 bits per heavy atom. The molecule has 0 aliphatic carbocycles. The van der Waals surface area contributed by atoms with Crippen molar-refractivity contribution in [1.29, 1.82) is 0 Å². The Morgan fingerprint density at radius 3 is 2.83 bits per heavy atom. The average molecular weight is 391 g/mol. The predicted molar refractivity (Wildman–Crippen MR) is 94.5 cm³/mol. The first-order valence-electron chi connectivity index (χ1n) is 8.00. The molecular weight excluding hydrogens is 372 g/mol. The van der Waals surface area contributed by atoms with Crippen molar-refractivity contribution >= 4 is 22.2 Å². The first-order chi connectivity index (χ1) is 11.8. The Labute approximate surface area is 149 Å². The van der Waals surface area contributed by atoms with Crippen LogP contribution in [0.2, 0.25) is 0 Å². The number of hydrogen-bond acceptors (Lipinski definition) is 4. The van der Waals surface area contributed by atoms with Crippen LogP contribution in [0, 0.1) is 0 Å². The quantitative estimate of drug-likeness (QED) is 0.667. The normalized spacial score (nSPS) is 17.3. The Kier molecular flexibility index (Phi) is 5.88. The van der Waals surface area contributed by atoms with Gasteiger partial charge in [0.1, 0.15) is 18.1 Å². The van der Waals surface area contributed by atoms with Crippen LogP contribution < -0.4 is 9.47 Å². The number of benzene rings is 2. The van der Waals surface area contributed by atoms with Gasteiger partial charge in [0.15, 0.2) is 12.6 Å². The van der Waals surface area contributed by atoms with Gasteiger partial charge in [-0.25, -0.2) is 0 Å². The van der Waals surface area contributed by atoms with Gasteiger partial charge in [-0.3, -0.25) is 4.79 Å². The maximum atomic E-state index is 11.3. The van der Waals surface area contributed by atoms with Crippen molar-refractivity contribution < 1.29 is 19.0 Å². The van der Waals surface area contributed by atoms with Gasteiger partial charge in [-0.1, -0.05) is 34.1 Å². The van der Waals surface area contributed by atoms with E-state index in [-0.39, 0.29) is 6.29 Å². The summed E-state index contributed by atoms with van der Waals surface area (Å²) in [6.07, 6.45) is 3.61. The minimum absolute atomic E-state index is 0.225. The van der Waals surface area contributed by atoms with E-state index in [2.05, 4.69) is 15.9 Å². The monoisotopic (exact) mass is 390 g/mol. The molecular formula is C19H19BrO4. The molecule has 1 heterocycles. The average Bonchev–Trinajstić information content (AvgIpc) is 2.62. The number of ether oxygens (including phenoxy) is 3. The Bertz CT molecular complexity index is 696. The van der Waals surface area contributed by atoms with Gasteiger partial charge in [-0.15, -0.1) is 0 Å². The van der Waals surface area contributed by atoms with Crippen LogP contribution in [0.4, 0.5) is 0 Å². The molecule has 0 saturated carbocycles. The topological polar surface area (TPSA) is 44.8 Å². The molecule has 2 aromatic carbocycles. The summed E-state index contributed by atoms with van der Waals surface area (Å²) in [5, 5.41) is 0. The van der Waals surface area contributed by atoms with E-state index in [4.69, 9.17) is 14.2 Å². The molecule has 1 saturated heterocycles. The second-order valence-corrected chi connectivity index (χ2v) is 6.47. The van der Waals surface area contributed by atoms with Crippen LogP contribution in [0.3, 0.4) is 0 Å². The summed E-state index contributed by atoms with van der Waals surface area (Å²) in [6.45, 7) is 1.09. The first-order valence-corrected chi connectivity index (χ1v) is 8.79. The maximum absolute atomic E-state index is 11.3. The second-order valence-electron chi connectivity index (χ2n) is 5.61. The summed E-state index contributed by atoms with van der Waals surface area (Å²) < 4.78 is 18.2. The summed E-state index contributed by atoms with van der Waals surface area (Å²) in [5.74, 6) is 1.16. The van der Waals surface area contributed by atoms with E-state index in [9.17, 15) is 4.79 Å². The zero-order valence-electron chi connectivity index (χ0n) is 13.2. The fourth-order valence-corrected chi connectivity index (χ4v) is 2.94. The highest BCUT2D eigenvalue weighted by Gasteiger charge is 2.16. The third-order valence-electron chi connectivity index (χ3n) is 3.86. The molecule has 0 bridgehead atoms. The Balaban J connectivity index is 1.71. The molecule has 1 aliphatic rings. The number of carbonyl (C=O) groups excluding carboxylic acids is 1. The highest BCUT2D eigenvalue weighted by molar-refractivity contribution is 9.10. The van der Waals surface area contributed by atoms with E-state index < -0.39 is 0 Å². The summed E-state index contributed by atoms with van der Waals surface area (Å²) in [5.41, 5.74) is 1.51. The van der Waals surface area contributed by atoms with Gasteiger partial charge in [0.2, 0.25) is 0 Å². The second kappa shape index (κ2) is 8.31. The Morgan fingerprint density at radius 2 is 2.08 bits per heavy atom. The molecule has 0 amide bonds. The highest BCUT2D eigenvalue weighted by Crippen LogP contribution is 2.28. The van der Waals surface area contributed by atoms with Crippen molar-refractivity contribution in [3.8, 4) is 11.5 Å². The van der Waals surface area contributed by atoms with Gasteiger partial charge in [0.25, 0.3) is 0 Å². The van der Waals surface area contributed by atoms with E-state index in [1.54, 1.807) is 18.2 Å². The standard InChI is InChI=1S/C19H19BrO4/c20-17-6-2-1-5-15(17)13-23-18-11-16(9-8-14(18)12-21)24-19-7-3-4-10-22-19/h1-2,5-6,8-9,11-12,19H,3-4,7,10,13H2. The molecule has 0 radical (unpaired) electrons. The van der Waals surface area contributed by atoms with Gasteiger partial charge in [0.05, 0.1) is 12.2 Å². The molecule has 24 heavy (non-hydrogen) atoms. The lowest BCUT2D eigenvalue weighted by atomic mass is 10.2. The van der Waals surface area contributed by atoms with E-state index in [1.165, 1.54) is 0 Å². The van der Waals surface area contributed by atoms with Crippen LogP contribution >= 0.6 is 15.9 Å². The van der Waals surface area contributed by atoms with Crippen molar-refractivity contribution in [2.75, 3.05) is 6.61 Å². The molecule has 0 spiro atoms. The number of aldehydes is 1. The third kappa shape index (κ3) is 4.36. The summed E-state index contributed by atoms with van der Waals surface area (Å²) in [4.78, 5) is 11.3. The minimum atomic E-state index is -0.225. The summed E-state index contributed by atoms with van der Waals surface area (Å²) in [7, 11) is 0. The van der Waals surface area contributed by atoms with Crippen molar-refractivity contribution in [1.82, 2.24) is 0 Å². The zero-order chi connectivity index (χ0) is 16.8. The van der Waals surface area contributed by atoms with Gasteiger partial charge in [0, 0.05) is 22.5 Å². The van der Waals surface area contributed by atoms with Crippen molar-refractivity contribution in [2.45, 2.75) is 32.2 Å². The molecule has 4 nitrogen and oxygen atoms in total. The lowest BCUT2D eigenvalue weighted by molar-refractivity contribution is -0.105. The van der Waals surface area contributed by atoms with E-state index in [0.717, 1.165) is 42.2 Å². The summed E-state index contributed by atoms with van der Waals surface area (Å²) in [6, 6.07) is 13.1.